The summed E-state index contributed by atoms with van der Waals surface area (Å²) in [7, 11) is 0. The smallest absolute Gasteiger partial charge is 0.248 e. The summed E-state index contributed by atoms with van der Waals surface area (Å²) in [6.07, 6.45) is 0.702. The molecule has 1 heterocycles. The monoisotopic (exact) mass is 324 g/mol. The highest BCUT2D eigenvalue weighted by atomic mass is 19.3. The zero-order valence-corrected chi connectivity index (χ0v) is 13.0. The van der Waals surface area contributed by atoms with Crippen LogP contribution < -0.4 is 5.73 Å². The maximum Gasteiger partial charge on any atom is 0.248 e. The van der Waals surface area contributed by atoms with E-state index < -0.39 is 11.8 Å². The second-order valence-electron chi connectivity index (χ2n) is 6.55. The van der Waals surface area contributed by atoms with E-state index in [0.717, 1.165) is 31.6 Å². The number of primary amides is 1. The van der Waals surface area contributed by atoms with Gasteiger partial charge in [0, 0.05) is 38.0 Å². The molecule has 1 unspecified atom stereocenters. The van der Waals surface area contributed by atoms with Crippen molar-refractivity contribution in [3.63, 3.8) is 0 Å². The quantitative estimate of drug-likeness (QED) is 0.902. The molecule has 1 aromatic carbocycles. The summed E-state index contributed by atoms with van der Waals surface area (Å²) in [5.74, 6) is -2.93. The number of rotatable bonds is 5. The predicted octanol–water partition coefficient (Wildman–Crippen LogP) is 2.07. The van der Waals surface area contributed by atoms with Crippen LogP contribution in [0.5, 0.6) is 0 Å². The third kappa shape index (κ3) is 4.06. The van der Waals surface area contributed by atoms with E-state index in [9.17, 15) is 13.6 Å². The third-order valence-electron chi connectivity index (χ3n) is 4.78. The van der Waals surface area contributed by atoms with Crippen molar-refractivity contribution in [1.82, 2.24) is 4.90 Å². The van der Waals surface area contributed by atoms with Crippen molar-refractivity contribution in [2.75, 3.05) is 26.2 Å². The number of hydrogen-bond donors (Lipinski definition) is 1. The molecule has 0 bridgehead atoms. The van der Waals surface area contributed by atoms with Crippen molar-refractivity contribution >= 4 is 5.91 Å². The van der Waals surface area contributed by atoms with Crippen molar-refractivity contribution in [3.8, 4) is 0 Å². The minimum Gasteiger partial charge on any atom is -0.375 e. The molecule has 6 heteroatoms. The first-order valence-electron chi connectivity index (χ1n) is 8.03. The van der Waals surface area contributed by atoms with E-state index in [1.165, 1.54) is 0 Å². The molecule has 0 radical (unpaired) electrons. The fourth-order valence-electron chi connectivity index (χ4n) is 3.31. The summed E-state index contributed by atoms with van der Waals surface area (Å²) >= 11 is 0. The standard InChI is InChI=1S/C17H22F2N2O2/c18-17(19)9-14(10-17)15-11-21(7-8-23-15)6-5-12-1-3-13(4-2-12)16(20)22/h1-4,14-15H,5-11H2,(H2,20,22). The zero-order chi connectivity index (χ0) is 16.4. The number of carbonyl (C=O) groups is 1. The molecule has 1 amide bonds. The maximum absolute atomic E-state index is 13.0. The van der Waals surface area contributed by atoms with Crippen LogP contribution in [0.2, 0.25) is 0 Å². The van der Waals surface area contributed by atoms with E-state index in [1.54, 1.807) is 12.1 Å². The Bertz CT molecular complexity index is 554. The van der Waals surface area contributed by atoms with Crippen LogP contribution in [0.15, 0.2) is 24.3 Å². The van der Waals surface area contributed by atoms with Gasteiger partial charge in [-0.2, -0.15) is 0 Å². The molecule has 1 saturated heterocycles. The lowest BCUT2D eigenvalue weighted by atomic mass is 9.77. The minimum atomic E-state index is -2.49. The van der Waals surface area contributed by atoms with Crippen molar-refractivity contribution in [3.05, 3.63) is 35.4 Å². The van der Waals surface area contributed by atoms with Gasteiger partial charge in [0.05, 0.1) is 12.7 Å². The largest absolute Gasteiger partial charge is 0.375 e. The Labute approximate surface area is 134 Å². The van der Waals surface area contributed by atoms with E-state index in [0.29, 0.717) is 12.2 Å². The van der Waals surface area contributed by atoms with Crippen LogP contribution in [0.1, 0.15) is 28.8 Å². The van der Waals surface area contributed by atoms with Gasteiger partial charge in [0.2, 0.25) is 11.8 Å². The van der Waals surface area contributed by atoms with Gasteiger partial charge in [-0.3, -0.25) is 9.69 Å². The summed E-state index contributed by atoms with van der Waals surface area (Å²) < 4.78 is 31.7. The van der Waals surface area contributed by atoms with E-state index in [4.69, 9.17) is 10.5 Å². The molecule has 126 valence electrons. The lowest BCUT2D eigenvalue weighted by molar-refractivity contribution is -0.167. The number of hydrogen-bond acceptors (Lipinski definition) is 3. The molecule has 2 N–H and O–H groups in total. The van der Waals surface area contributed by atoms with Gasteiger partial charge in [-0.1, -0.05) is 12.1 Å². The van der Waals surface area contributed by atoms with Crippen LogP contribution in [-0.4, -0.2) is 49.1 Å². The minimum absolute atomic E-state index is 0.0114. The van der Waals surface area contributed by atoms with Crippen LogP contribution in [0.25, 0.3) is 0 Å². The summed E-state index contributed by atoms with van der Waals surface area (Å²) in [5.41, 5.74) is 6.86. The molecule has 3 rings (SSSR count). The summed E-state index contributed by atoms with van der Waals surface area (Å²) in [4.78, 5) is 13.3. The molecule has 4 nitrogen and oxygen atoms in total. The molecule has 2 fully saturated rings. The fourth-order valence-corrected chi connectivity index (χ4v) is 3.31. The Kier molecular flexibility index (Phi) is 4.64. The van der Waals surface area contributed by atoms with Crippen LogP contribution in [-0.2, 0) is 11.2 Å². The Hall–Kier alpha value is -1.53. The molecular formula is C17H22F2N2O2. The number of carbonyl (C=O) groups excluding carboxylic acids is 1. The number of nitrogens with two attached hydrogens (primary N) is 1. The first-order valence-corrected chi connectivity index (χ1v) is 8.03. The molecular weight excluding hydrogens is 302 g/mol. The number of halogens is 2. The fraction of sp³-hybridized carbons (Fsp3) is 0.588. The third-order valence-corrected chi connectivity index (χ3v) is 4.78. The lowest BCUT2D eigenvalue weighted by Gasteiger charge is -2.44. The van der Waals surface area contributed by atoms with Crippen molar-refractivity contribution in [2.45, 2.75) is 31.3 Å². The van der Waals surface area contributed by atoms with Gasteiger partial charge in [0.1, 0.15) is 0 Å². The Morgan fingerprint density at radius 3 is 2.61 bits per heavy atom. The molecule has 0 aromatic heterocycles. The van der Waals surface area contributed by atoms with Crippen molar-refractivity contribution in [2.24, 2.45) is 11.7 Å². The molecule has 1 saturated carbocycles. The molecule has 0 spiro atoms. The van der Waals surface area contributed by atoms with Crippen LogP contribution >= 0.6 is 0 Å². The van der Waals surface area contributed by atoms with Gasteiger partial charge in [0.25, 0.3) is 0 Å². The molecule has 1 atom stereocenters. The number of morpholine rings is 1. The van der Waals surface area contributed by atoms with E-state index in [2.05, 4.69) is 4.90 Å². The van der Waals surface area contributed by atoms with Crippen molar-refractivity contribution in [1.29, 1.82) is 0 Å². The highest BCUT2D eigenvalue weighted by molar-refractivity contribution is 5.92. The topological polar surface area (TPSA) is 55.6 Å². The second-order valence-corrected chi connectivity index (χ2v) is 6.55. The number of benzene rings is 1. The number of alkyl halides is 2. The molecule has 1 aromatic rings. The van der Waals surface area contributed by atoms with E-state index in [-0.39, 0.29) is 24.9 Å². The Morgan fingerprint density at radius 2 is 2.00 bits per heavy atom. The predicted molar refractivity (Wildman–Crippen MR) is 82.5 cm³/mol. The first kappa shape index (κ1) is 16.3. The van der Waals surface area contributed by atoms with Crippen LogP contribution in [0.3, 0.4) is 0 Å². The second kappa shape index (κ2) is 6.53. The van der Waals surface area contributed by atoms with Gasteiger partial charge < -0.3 is 10.5 Å². The Balaban J connectivity index is 1.47. The molecule has 1 aliphatic heterocycles. The maximum atomic E-state index is 13.0. The number of ether oxygens (including phenoxy) is 1. The Morgan fingerprint density at radius 1 is 1.30 bits per heavy atom. The molecule has 1 aliphatic carbocycles. The van der Waals surface area contributed by atoms with Gasteiger partial charge >= 0.3 is 0 Å². The van der Waals surface area contributed by atoms with E-state index >= 15 is 0 Å². The summed E-state index contributed by atoms with van der Waals surface area (Å²) in [6, 6.07) is 7.28. The highest BCUT2D eigenvalue weighted by Crippen LogP contribution is 2.45. The summed E-state index contributed by atoms with van der Waals surface area (Å²) in [6.45, 7) is 3.02. The molecule has 23 heavy (non-hydrogen) atoms. The average molecular weight is 324 g/mol. The number of nitrogens with zero attached hydrogens (tertiary/aromatic N) is 1. The SMILES string of the molecule is NC(=O)c1ccc(CCN2CCOC(C3CC(F)(F)C3)C2)cc1. The zero-order valence-electron chi connectivity index (χ0n) is 13.0. The molecule has 2 aliphatic rings. The van der Waals surface area contributed by atoms with Gasteiger partial charge in [0.15, 0.2) is 0 Å². The highest BCUT2D eigenvalue weighted by Gasteiger charge is 2.49. The summed E-state index contributed by atoms with van der Waals surface area (Å²) in [5, 5.41) is 0. The average Bonchev–Trinajstić information content (AvgIpc) is 2.51. The van der Waals surface area contributed by atoms with Gasteiger partial charge in [-0.15, -0.1) is 0 Å². The normalized spacial score (nSPS) is 25.0. The number of amides is 1. The first-order chi connectivity index (χ1) is 10.9. The van der Waals surface area contributed by atoms with Crippen LogP contribution in [0.4, 0.5) is 8.78 Å². The van der Waals surface area contributed by atoms with Crippen molar-refractivity contribution < 1.29 is 18.3 Å². The van der Waals surface area contributed by atoms with Crippen LogP contribution in [0, 0.1) is 5.92 Å². The van der Waals surface area contributed by atoms with Gasteiger partial charge in [-0.25, -0.2) is 8.78 Å². The lowest BCUT2D eigenvalue weighted by Crippen LogP contribution is -2.52. The van der Waals surface area contributed by atoms with E-state index in [1.807, 2.05) is 12.1 Å². The van der Waals surface area contributed by atoms with Gasteiger partial charge in [-0.05, 0) is 30.0 Å².